The SMILES string of the molecule is CC/C=C\C/C=C\C/C=C\C/C=C\C/C=C\C/C=C\C/C=C\C/C=C\CCCCCCC(=O)NC(CO)C(O)CCCCCCCCCCCCCCCCCCCCCCCCCCCCCCCC. The Labute approximate surface area is 443 Å². The first kappa shape index (κ1) is 68.3. The van der Waals surface area contributed by atoms with E-state index in [1.165, 1.54) is 180 Å². The molecule has 0 fully saturated rings. The molecule has 4 nitrogen and oxygen atoms in total. The van der Waals surface area contributed by atoms with Gasteiger partial charge in [-0.15, -0.1) is 0 Å². The largest absolute Gasteiger partial charge is 0.394 e. The highest BCUT2D eigenvalue weighted by molar-refractivity contribution is 5.76. The number of nitrogens with one attached hydrogen (secondary N) is 1. The first-order chi connectivity index (χ1) is 35.2. The van der Waals surface area contributed by atoms with Gasteiger partial charge in [-0.3, -0.25) is 4.79 Å². The minimum atomic E-state index is -0.680. The number of allylic oxidation sites excluding steroid dienone is 16. The second-order valence-corrected chi connectivity index (χ2v) is 20.7. The molecule has 0 saturated heterocycles. The smallest absolute Gasteiger partial charge is 0.220 e. The van der Waals surface area contributed by atoms with Gasteiger partial charge >= 0.3 is 0 Å². The first-order valence-electron chi connectivity index (χ1n) is 30.9. The summed E-state index contributed by atoms with van der Waals surface area (Å²) in [4.78, 5) is 12.5. The summed E-state index contributed by atoms with van der Waals surface area (Å²) >= 11 is 0. The average molecular weight is 987 g/mol. The van der Waals surface area contributed by atoms with Gasteiger partial charge in [0.2, 0.25) is 5.91 Å². The number of amides is 1. The Bertz CT molecular complexity index is 1300. The molecule has 0 aliphatic heterocycles. The number of hydrogen-bond acceptors (Lipinski definition) is 3. The molecule has 2 atom stereocenters. The molecule has 0 rings (SSSR count). The van der Waals surface area contributed by atoms with Gasteiger partial charge in [0.15, 0.2) is 0 Å². The zero-order valence-corrected chi connectivity index (χ0v) is 47.2. The molecule has 0 radical (unpaired) electrons. The van der Waals surface area contributed by atoms with Crippen molar-refractivity contribution in [2.75, 3.05) is 6.61 Å². The summed E-state index contributed by atoms with van der Waals surface area (Å²) in [6.07, 6.45) is 91.3. The highest BCUT2D eigenvalue weighted by Gasteiger charge is 2.20. The molecule has 4 heteroatoms. The van der Waals surface area contributed by atoms with Crippen LogP contribution in [0.2, 0.25) is 0 Å². The number of aliphatic hydroxyl groups excluding tert-OH is 2. The fourth-order valence-electron chi connectivity index (χ4n) is 9.20. The Hall–Kier alpha value is -2.69. The van der Waals surface area contributed by atoms with Crippen LogP contribution in [-0.4, -0.2) is 34.9 Å². The standard InChI is InChI=1S/C67H119NO3/c1-3-5-7-9-11-13-15-17-19-21-23-25-27-29-31-33-35-36-38-40-42-44-46-48-50-52-54-56-58-60-62-66(70)65(64-69)68-67(71)63-61-59-57-55-53-51-49-47-45-43-41-39-37-34-32-30-28-26-24-22-20-18-16-14-12-10-8-6-4-2/h6,8,12,14,18,20,24,26,30,32,37,39,43,45,49,51,65-66,69-70H,3-5,7,9-11,13,15-17,19,21-23,25,27-29,31,33-36,38,40-42,44,46-48,50,52-64H2,1-2H3,(H,68,71)/b8-6-,14-12-,20-18-,26-24-,32-30-,39-37-,45-43-,51-49-. The van der Waals surface area contributed by atoms with Crippen LogP contribution in [0, 0.1) is 0 Å². The third kappa shape index (κ3) is 58.1. The summed E-state index contributed by atoms with van der Waals surface area (Å²) in [5.74, 6) is -0.0560. The van der Waals surface area contributed by atoms with Crippen molar-refractivity contribution in [3.8, 4) is 0 Å². The van der Waals surface area contributed by atoms with Crippen LogP contribution in [0.1, 0.15) is 303 Å². The Morgan fingerprint density at radius 2 is 0.620 bits per heavy atom. The van der Waals surface area contributed by atoms with E-state index < -0.39 is 12.1 Å². The molecule has 3 N–H and O–H groups in total. The van der Waals surface area contributed by atoms with E-state index in [4.69, 9.17) is 0 Å². The lowest BCUT2D eigenvalue weighted by molar-refractivity contribution is -0.123. The van der Waals surface area contributed by atoms with Gasteiger partial charge in [-0.1, -0.05) is 317 Å². The number of hydrogen-bond donors (Lipinski definition) is 3. The molecule has 0 aromatic rings. The van der Waals surface area contributed by atoms with Crippen LogP contribution in [0.5, 0.6) is 0 Å². The number of carbonyl (C=O) groups excluding carboxylic acids is 1. The lowest BCUT2D eigenvalue weighted by Crippen LogP contribution is -2.45. The van der Waals surface area contributed by atoms with E-state index in [2.05, 4.69) is 116 Å². The summed E-state index contributed by atoms with van der Waals surface area (Å²) in [6, 6.07) is -0.559. The second kappa shape index (κ2) is 61.6. The van der Waals surface area contributed by atoms with Gasteiger partial charge in [-0.05, 0) is 77.0 Å². The molecular weight excluding hydrogens is 867 g/mol. The number of rotatable bonds is 56. The van der Waals surface area contributed by atoms with Crippen LogP contribution in [0.4, 0.5) is 0 Å². The van der Waals surface area contributed by atoms with Gasteiger partial charge in [0.1, 0.15) is 0 Å². The lowest BCUT2D eigenvalue weighted by atomic mass is 10.0. The fraction of sp³-hybridized carbons (Fsp3) is 0.746. The number of carbonyl (C=O) groups is 1. The van der Waals surface area contributed by atoms with Crippen molar-refractivity contribution in [3.63, 3.8) is 0 Å². The molecule has 0 heterocycles. The van der Waals surface area contributed by atoms with E-state index >= 15 is 0 Å². The zero-order valence-electron chi connectivity index (χ0n) is 47.2. The zero-order chi connectivity index (χ0) is 51.3. The molecule has 0 saturated carbocycles. The van der Waals surface area contributed by atoms with Gasteiger partial charge in [-0.25, -0.2) is 0 Å². The van der Waals surface area contributed by atoms with E-state index in [-0.39, 0.29) is 12.5 Å². The van der Waals surface area contributed by atoms with Crippen LogP contribution in [0.25, 0.3) is 0 Å². The molecule has 0 aromatic carbocycles. The topological polar surface area (TPSA) is 69.6 Å². The van der Waals surface area contributed by atoms with Crippen LogP contribution in [-0.2, 0) is 4.79 Å². The minimum absolute atomic E-state index is 0.0560. The predicted molar refractivity (Wildman–Crippen MR) is 317 cm³/mol. The fourth-order valence-corrected chi connectivity index (χ4v) is 9.20. The van der Waals surface area contributed by atoms with Gasteiger partial charge in [-0.2, -0.15) is 0 Å². The summed E-state index contributed by atoms with van der Waals surface area (Å²) < 4.78 is 0. The molecule has 71 heavy (non-hydrogen) atoms. The quantitative estimate of drug-likeness (QED) is 0.0420. The van der Waals surface area contributed by atoms with Crippen molar-refractivity contribution < 1.29 is 15.0 Å². The van der Waals surface area contributed by atoms with Crippen molar-refractivity contribution in [1.29, 1.82) is 0 Å². The molecule has 2 unspecified atom stereocenters. The molecule has 0 bridgehead atoms. The Kier molecular flexibility index (Phi) is 59.3. The van der Waals surface area contributed by atoms with E-state index in [0.29, 0.717) is 12.8 Å². The van der Waals surface area contributed by atoms with Crippen LogP contribution >= 0.6 is 0 Å². The van der Waals surface area contributed by atoms with Crippen LogP contribution in [0.3, 0.4) is 0 Å². The van der Waals surface area contributed by atoms with Crippen molar-refractivity contribution in [1.82, 2.24) is 5.32 Å². The highest BCUT2D eigenvalue weighted by atomic mass is 16.3. The van der Waals surface area contributed by atoms with Crippen molar-refractivity contribution in [3.05, 3.63) is 97.2 Å². The lowest BCUT2D eigenvalue weighted by Gasteiger charge is -2.22. The van der Waals surface area contributed by atoms with E-state index in [9.17, 15) is 15.0 Å². The van der Waals surface area contributed by atoms with Gasteiger partial charge in [0.05, 0.1) is 18.8 Å². The molecule has 0 aliphatic carbocycles. The maximum absolute atomic E-state index is 12.5. The van der Waals surface area contributed by atoms with E-state index in [0.717, 1.165) is 96.3 Å². The summed E-state index contributed by atoms with van der Waals surface area (Å²) in [5, 5.41) is 23.4. The summed E-state index contributed by atoms with van der Waals surface area (Å²) in [6.45, 7) is 4.25. The monoisotopic (exact) mass is 986 g/mol. The van der Waals surface area contributed by atoms with Crippen molar-refractivity contribution in [2.45, 2.75) is 315 Å². The van der Waals surface area contributed by atoms with Gasteiger partial charge in [0, 0.05) is 6.42 Å². The average Bonchev–Trinajstić information content (AvgIpc) is 3.37. The summed E-state index contributed by atoms with van der Waals surface area (Å²) in [7, 11) is 0. The molecule has 0 aliphatic rings. The third-order valence-corrected chi connectivity index (χ3v) is 13.9. The molecule has 0 spiro atoms. The molecular formula is C67H119NO3. The predicted octanol–water partition coefficient (Wildman–Crippen LogP) is 20.9. The molecule has 410 valence electrons. The minimum Gasteiger partial charge on any atom is -0.394 e. The summed E-state index contributed by atoms with van der Waals surface area (Å²) in [5.41, 5.74) is 0. The Morgan fingerprint density at radius 1 is 0.352 bits per heavy atom. The Balaban J connectivity index is 3.54. The number of unbranched alkanes of at least 4 members (excludes halogenated alkanes) is 33. The maximum Gasteiger partial charge on any atom is 0.220 e. The first-order valence-corrected chi connectivity index (χ1v) is 30.9. The van der Waals surface area contributed by atoms with Gasteiger partial charge in [0.25, 0.3) is 0 Å². The van der Waals surface area contributed by atoms with Crippen LogP contribution in [0.15, 0.2) is 97.2 Å². The molecule has 0 aromatic heterocycles. The van der Waals surface area contributed by atoms with Crippen molar-refractivity contribution >= 4 is 5.91 Å². The Morgan fingerprint density at radius 3 is 0.930 bits per heavy atom. The van der Waals surface area contributed by atoms with E-state index in [1.807, 2.05) is 0 Å². The highest BCUT2D eigenvalue weighted by Crippen LogP contribution is 2.18. The second-order valence-electron chi connectivity index (χ2n) is 20.7. The molecule has 1 amide bonds. The van der Waals surface area contributed by atoms with Crippen LogP contribution < -0.4 is 5.32 Å². The normalized spacial score (nSPS) is 13.5. The third-order valence-electron chi connectivity index (χ3n) is 13.9. The maximum atomic E-state index is 12.5. The van der Waals surface area contributed by atoms with E-state index in [1.54, 1.807) is 0 Å². The number of aliphatic hydroxyl groups is 2. The van der Waals surface area contributed by atoms with Gasteiger partial charge < -0.3 is 15.5 Å². The van der Waals surface area contributed by atoms with Crippen molar-refractivity contribution in [2.24, 2.45) is 0 Å².